The molecule has 0 unspecified atom stereocenters. The van der Waals surface area contributed by atoms with Gasteiger partial charge in [0.15, 0.2) is 0 Å². The van der Waals surface area contributed by atoms with E-state index in [1.807, 2.05) is 30.3 Å². The van der Waals surface area contributed by atoms with E-state index in [0.29, 0.717) is 17.3 Å². The van der Waals surface area contributed by atoms with Crippen molar-refractivity contribution >= 4 is 17.6 Å². The van der Waals surface area contributed by atoms with Crippen LogP contribution in [0.4, 0.5) is 0 Å². The molecule has 1 aliphatic heterocycles. The number of carbonyl (C=O) groups excluding carboxylic acids is 1. The van der Waals surface area contributed by atoms with E-state index in [9.17, 15) is 4.79 Å². The maximum absolute atomic E-state index is 12.3. The molecule has 5 heteroatoms. The number of methoxy groups -OCH3 is 2. The van der Waals surface area contributed by atoms with Crippen molar-refractivity contribution in [3.05, 3.63) is 64.7 Å². The molecule has 0 radical (unpaired) electrons. The number of ether oxygens (including phenoxy) is 2. The van der Waals surface area contributed by atoms with Crippen molar-refractivity contribution in [1.29, 1.82) is 0 Å². The number of esters is 1. The van der Waals surface area contributed by atoms with Gasteiger partial charge in [0.25, 0.3) is 0 Å². The molecule has 132 valence electrons. The van der Waals surface area contributed by atoms with Crippen molar-refractivity contribution in [1.82, 2.24) is 4.90 Å². The Balaban J connectivity index is 1.87. The summed E-state index contributed by atoms with van der Waals surface area (Å²) in [6.45, 7) is 2.24. The number of carbonyl (C=O) groups is 1. The molecule has 0 N–H and O–H groups in total. The molecule has 1 heterocycles. The molecule has 0 aliphatic carbocycles. The van der Waals surface area contributed by atoms with Crippen molar-refractivity contribution in [3.8, 4) is 5.75 Å². The van der Waals surface area contributed by atoms with Gasteiger partial charge in [-0.2, -0.15) is 0 Å². The maximum atomic E-state index is 12.3. The second kappa shape index (κ2) is 7.89. The molecule has 25 heavy (non-hydrogen) atoms. The van der Waals surface area contributed by atoms with Crippen LogP contribution in [0, 0.1) is 5.92 Å². The smallest absolute Gasteiger partial charge is 0.310 e. The molecule has 2 atom stereocenters. The Morgan fingerprint density at radius 2 is 1.92 bits per heavy atom. The van der Waals surface area contributed by atoms with Crippen molar-refractivity contribution in [2.45, 2.75) is 12.5 Å². The van der Waals surface area contributed by atoms with Crippen molar-refractivity contribution < 1.29 is 14.3 Å². The summed E-state index contributed by atoms with van der Waals surface area (Å²) in [6, 6.07) is 15.9. The lowest BCUT2D eigenvalue weighted by Crippen LogP contribution is -2.24. The lowest BCUT2D eigenvalue weighted by atomic mass is 9.88. The van der Waals surface area contributed by atoms with E-state index in [1.165, 1.54) is 12.7 Å². The van der Waals surface area contributed by atoms with Crippen LogP contribution < -0.4 is 4.74 Å². The van der Waals surface area contributed by atoms with Gasteiger partial charge in [-0.25, -0.2) is 0 Å². The van der Waals surface area contributed by atoms with Crippen LogP contribution in [0.3, 0.4) is 0 Å². The van der Waals surface area contributed by atoms with Crippen LogP contribution in [0.5, 0.6) is 5.75 Å². The van der Waals surface area contributed by atoms with Gasteiger partial charge in [-0.3, -0.25) is 9.69 Å². The Morgan fingerprint density at radius 3 is 2.60 bits per heavy atom. The summed E-state index contributed by atoms with van der Waals surface area (Å²) in [5.74, 6) is 0.331. The molecule has 1 fully saturated rings. The minimum absolute atomic E-state index is 0.0170. The van der Waals surface area contributed by atoms with Gasteiger partial charge in [0.1, 0.15) is 5.75 Å². The Hall–Kier alpha value is -2.04. The molecule has 3 rings (SSSR count). The highest BCUT2D eigenvalue weighted by Gasteiger charge is 2.40. The monoisotopic (exact) mass is 359 g/mol. The Morgan fingerprint density at radius 1 is 1.16 bits per heavy atom. The highest BCUT2D eigenvalue weighted by atomic mass is 35.5. The molecule has 1 aliphatic rings. The summed E-state index contributed by atoms with van der Waals surface area (Å²) in [4.78, 5) is 14.6. The zero-order valence-corrected chi connectivity index (χ0v) is 15.2. The first-order valence-electron chi connectivity index (χ1n) is 8.30. The summed E-state index contributed by atoms with van der Waals surface area (Å²) in [6.07, 6.45) is 0. The lowest BCUT2D eigenvalue weighted by Gasteiger charge is -2.19. The summed E-state index contributed by atoms with van der Waals surface area (Å²) >= 11 is 6.08. The number of hydrogen-bond donors (Lipinski definition) is 0. The average Bonchev–Trinajstić information content (AvgIpc) is 3.05. The number of hydrogen-bond acceptors (Lipinski definition) is 4. The Bertz CT molecular complexity index is 735. The van der Waals surface area contributed by atoms with E-state index in [0.717, 1.165) is 18.7 Å². The number of rotatable bonds is 5. The largest absolute Gasteiger partial charge is 0.496 e. The van der Waals surface area contributed by atoms with Crippen molar-refractivity contribution in [3.63, 3.8) is 0 Å². The third kappa shape index (κ3) is 3.97. The first-order valence-corrected chi connectivity index (χ1v) is 8.67. The van der Waals surface area contributed by atoms with Crippen LogP contribution in [0.15, 0.2) is 48.5 Å². The molecule has 0 amide bonds. The topological polar surface area (TPSA) is 38.8 Å². The van der Waals surface area contributed by atoms with E-state index in [1.54, 1.807) is 13.2 Å². The van der Waals surface area contributed by atoms with E-state index in [4.69, 9.17) is 21.1 Å². The maximum Gasteiger partial charge on any atom is 0.310 e. The third-order valence-corrected chi connectivity index (χ3v) is 4.98. The van der Waals surface area contributed by atoms with Crippen molar-refractivity contribution in [2.75, 3.05) is 27.3 Å². The molecule has 2 aromatic rings. The van der Waals surface area contributed by atoms with Crippen LogP contribution in [-0.4, -0.2) is 38.2 Å². The zero-order valence-electron chi connectivity index (χ0n) is 14.4. The first-order chi connectivity index (χ1) is 12.1. The van der Waals surface area contributed by atoms with Crippen LogP contribution in [0.1, 0.15) is 17.0 Å². The van der Waals surface area contributed by atoms with Gasteiger partial charge in [-0.15, -0.1) is 0 Å². The van der Waals surface area contributed by atoms with E-state index < -0.39 is 0 Å². The number of nitrogens with zero attached hydrogens (tertiary/aromatic N) is 1. The standard InChI is InChI=1S/C20H22ClNO3/c1-24-19-10-15(21)8-9-16(19)17-12-22(13-18(17)20(23)25-2)11-14-6-4-3-5-7-14/h3-10,17-18H,11-13H2,1-2H3/t17-,18+/m1/s1. The minimum Gasteiger partial charge on any atom is -0.496 e. The second-order valence-electron chi connectivity index (χ2n) is 6.30. The summed E-state index contributed by atoms with van der Waals surface area (Å²) in [5, 5.41) is 0.620. The van der Waals surface area contributed by atoms with Gasteiger partial charge < -0.3 is 9.47 Å². The van der Waals surface area contributed by atoms with Crippen LogP contribution in [0.25, 0.3) is 0 Å². The molecular formula is C20H22ClNO3. The van der Waals surface area contributed by atoms with Crippen LogP contribution in [0.2, 0.25) is 5.02 Å². The van der Waals surface area contributed by atoms with Gasteiger partial charge in [0.2, 0.25) is 0 Å². The fourth-order valence-electron chi connectivity index (χ4n) is 3.55. The second-order valence-corrected chi connectivity index (χ2v) is 6.74. The van der Waals surface area contributed by atoms with Gasteiger partial charge in [0.05, 0.1) is 20.1 Å². The molecule has 0 aromatic heterocycles. The quantitative estimate of drug-likeness (QED) is 0.762. The van der Waals surface area contributed by atoms with Crippen molar-refractivity contribution in [2.24, 2.45) is 5.92 Å². The third-order valence-electron chi connectivity index (χ3n) is 4.74. The Kier molecular flexibility index (Phi) is 5.61. The van der Waals surface area contributed by atoms with E-state index >= 15 is 0 Å². The summed E-state index contributed by atoms with van der Waals surface area (Å²) < 4.78 is 10.5. The summed E-state index contributed by atoms with van der Waals surface area (Å²) in [5.41, 5.74) is 2.23. The highest BCUT2D eigenvalue weighted by Crippen LogP contribution is 2.39. The minimum atomic E-state index is -0.219. The predicted molar refractivity (Wildman–Crippen MR) is 98.0 cm³/mol. The number of benzene rings is 2. The zero-order chi connectivity index (χ0) is 17.8. The fraction of sp³-hybridized carbons (Fsp3) is 0.350. The average molecular weight is 360 g/mol. The number of halogens is 1. The van der Waals surface area contributed by atoms with Crippen LogP contribution >= 0.6 is 11.6 Å². The first kappa shape index (κ1) is 17.8. The van der Waals surface area contributed by atoms with Crippen LogP contribution in [-0.2, 0) is 16.1 Å². The molecule has 0 spiro atoms. The molecule has 2 aromatic carbocycles. The molecular weight excluding hydrogens is 338 g/mol. The van der Waals surface area contributed by atoms with E-state index in [-0.39, 0.29) is 17.8 Å². The van der Waals surface area contributed by atoms with Gasteiger partial charge in [-0.1, -0.05) is 48.0 Å². The van der Waals surface area contributed by atoms with E-state index in [2.05, 4.69) is 17.0 Å². The van der Waals surface area contributed by atoms with Gasteiger partial charge >= 0.3 is 5.97 Å². The molecule has 0 saturated carbocycles. The molecule has 4 nitrogen and oxygen atoms in total. The fourth-order valence-corrected chi connectivity index (χ4v) is 3.71. The van der Waals surface area contributed by atoms with Gasteiger partial charge in [0, 0.05) is 30.6 Å². The molecule has 0 bridgehead atoms. The van der Waals surface area contributed by atoms with Gasteiger partial charge in [-0.05, 0) is 23.3 Å². The highest BCUT2D eigenvalue weighted by molar-refractivity contribution is 6.30. The summed E-state index contributed by atoms with van der Waals surface area (Å²) in [7, 11) is 3.07. The lowest BCUT2D eigenvalue weighted by molar-refractivity contribution is -0.145. The normalized spacial score (nSPS) is 20.4. The predicted octanol–water partition coefficient (Wildman–Crippen LogP) is 3.74. The SMILES string of the molecule is COC(=O)[C@H]1CN(Cc2ccccc2)C[C@@H]1c1ccc(Cl)cc1OC. The molecule has 1 saturated heterocycles. The Labute approximate surface area is 153 Å². The number of likely N-dealkylation sites (tertiary alicyclic amines) is 1.